The van der Waals surface area contributed by atoms with Crippen molar-refractivity contribution < 1.29 is 9.53 Å². The zero-order valence-corrected chi connectivity index (χ0v) is 11.2. The van der Waals surface area contributed by atoms with Crippen molar-refractivity contribution in [3.63, 3.8) is 0 Å². The number of carbonyl (C=O) groups is 1. The van der Waals surface area contributed by atoms with Gasteiger partial charge in [0, 0.05) is 25.7 Å². The topological polar surface area (TPSA) is 63.3 Å². The van der Waals surface area contributed by atoms with E-state index in [1.54, 1.807) is 7.05 Å². The Labute approximate surface area is 108 Å². The minimum atomic E-state index is 0.0380. The van der Waals surface area contributed by atoms with E-state index in [1.807, 2.05) is 26.1 Å². The van der Waals surface area contributed by atoms with E-state index in [0.29, 0.717) is 26.0 Å². The Bertz CT molecular complexity index is 394. The number of ether oxygens (including phenoxy) is 1. The van der Waals surface area contributed by atoms with E-state index >= 15 is 0 Å². The highest BCUT2D eigenvalue weighted by molar-refractivity contribution is 5.75. The smallest absolute Gasteiger partial charge is 0.219 e. The van der Waals surface area contributed by atoms with Crippen LogP contribution in [0.5, 0.6) is 5.75 Å². The molecule has 2 N–H and O–H groups in total. The van der Waals surface area contributed by atoms with Crippen molar-refractivity contribution in [2.45, 2.75) is 26.3 Å². The van der Waals surface area contributed by atoms with Gasteiger partial charge in [-0.25, -0.2) is 0 Å². The Kier molecular flexibility index (Phi) is 6.14. The lowest BCUT2D eigenvalue weighted by molar-refractivity contribution is -0.120. The highest BCUT2D eigenvalue weighted by Crippen LogP contribution is 2.17. The highest BCUT2D eigenvalue weighted by Gasteiger charge is 2.05. The van der Waals surface area contributed by atoms with Crippen molar-refractivity contribution in [2.75, 3.05) is 20.7 Å². The summed E-state index contributed by atoms with van der Waals surface area (Å²) in [5.74, 6) is 0.822. The lowest BCUT2D eigenvalue weighted by atomic mass is 10.2. The predicted molar refractivity (Wildman–Crippen MR) is 70.5 cm³/mol. The summed E-state index contributed by atoms with van der Waals surface area (Å²) in [5.41, 5.74) is 1.87. The van der Waals surface area contributed by atoms with Gasteiger partial charge in [0.05, 0.1) is 12.3 Å². The van der Waals surface area contributed by atoms with E-state index in [1.165, 1.54) is 0 Å². The standard InChI is InChI=1S/C13H21N3O2/c1-10-6-7-12(11(16-10)9-14-2)18-8-4-5-13(17)15-3/h6-7,14H,4-5,8-9H2,1-3H3,(H,15,17). The minimum absolute atomic E-state index is 0.0380. The number of nitrogens with zero attached hydrogens (tertiary/aromatic N) is 1. The first kappa shape index (κ1) is 14.4. The molecule has 0 unspecified atom stereocenters. The van der Waals surface area contributed by atoms with Crippen LogP contribution in [0.4, 0.5) is 0 Å². The number of carbonyl (C=O) groups excluding carboxylic acids is 1. The van der Waals surface area contributed by atoms with Crippen molar-refractivity contribution in [3.8, 4) is 5.75 Å². The van der Waals surface area contributed by atoms with E-state index in [0.717, 1.165) is 17.1 Å². The average Bonchev–Trinajstić information content (AvgIpc) is 2.36. The lowest BCUT2D eigenvalue weighted by Gasteiger charge is -2.11. The zero-order chi connectivity index (χ0) is 13.4. The Morgan fingerprint density at radius 3 is 2.83 bits per heavy atom. The van der Waals surface area contributed by atoms with Gasteiger partial charge in [-0.3, -0.25) is 9.78 Å². The highest BCUT2D eigenvalue weighted by atomic mass is 16.5. The summed E-state index contributed by atoms with van der Waals surface area (Å²) in [7, 11) is 3.51. The van der Waals surface area contributed by atoms with E-state index in [4.69, 9.17) is 4.74 Å². The van der Waals surface area contributed by atoms with Crippen LogP contribution >= 0.6 is 0 Å². The van der Waals surface area contributed by atoms with E-state index in [-0.39, 0.29) is 5.91 Å². The van der Waals surface area contributed by atoms with Crippen molar-refractivity contribution in [1.29, 1.82) is 0 Å². The number of aryl methyl sites for hydroxylation is 1. The molecule has 0 aromatic carbocycles. The van der Waals surface area contributed by atoms with E-state index in [2.05, 4.69) is 15.6 Å². The van der Waals surface area contributed by atoms with E-state index in [9.17, 15) is 4.79 Å². The van der Waals surface area contributed by atoms with Crippen molar-refractivity contribution in [1.82, 2.24) is 15.6 Å². The molecule has 0 saturated carbocycles. The Hall–Kier alpha value is -1.62. The molecule has 5 nitrogen and oxygen atoms in total. The normalized spacial score (nSPS) is 10.2. The summed E-state index contributed by atoms with van der Waals surface area (Å²) in [6.45, 7) is 3.15. The number of hydrogen-bond donors (Lipinski definition) is 2. The van der Waals surface area contributed by atoms with Gasteiger partial charge in [0.25, 0.3) is 0 Å². The molecular weight excluding hydrogens is 230 g/mol. The predicted octanol–water partition coefficient (Wildman–Crippen LogP) is 1.01. The Balaban J connectivity index is 2.48. The number of nitrogens with one attached hydrogen (secondary N) is 2. The molecule has 1 aromatic heterocycles. The van der Waals surface area contributed by atoms with Crippen LogP contribution in [0.1, 0.15) is 24.2 Å². The summed E-state index contributed by atoms with van der Waals surface area (Å²) in [6.07, 6.45) is 1.18. The summed E-state index contributed by atoms with van der Waals surface area (Å²) >= 11 is 0. The number of pyridine rings is 1. The summed E-state index contributed by atoms with van der Waals surface area (Å²) in [4.78, 5) is 15.5. The molecule has 0 aliphatic rings. The van der Waals surface area contributed by atoms with Crippen LogP contribution in [-0.4, -0.2) is 31.6 Å². The van der Waals surface area contributed by atoms with Gasteiger partial charge in [-0.2, -0.15) is 0 Å². The second kappa shape index (κ2) is 7.66. The van der Waals surface area contributed by atoms with Crippen molar-refractivity contribution in [3.05, 3.63) is 23.5 Å². The molecule has 1 heterocycles. The van der Waals surface area contributed by atoms with Gasteiger partial charge in [-0.1, -0.05) is 0 Å². The SMILES string of the molecule is CNCc1nc(C)ccc1OCCCC(=O)NC. The van der Waals surface area contributed by atoms with Gasteiger partial charge < -0.3 is 15.4 Å². The van der Waals surface area contributed by atoms with Crippen LogP contribution in [0.25, 0.3) is 0 Å². The monoisotopic (exact) mass is 251 g/mol. The fraction of sp³-hybridized carbons (Fsp3) is 0.538. The van der Waals surface area contributed by atoms with Gasteiger partial charge in [-0.15, -0.1) is 0 Å². The lowest BCUT2D eigenvalue weighted by Crippen LogP contribution is -2.18. The Morgan fingerprint density at radius 2 is 2.17 bits per heavy atom. The number of rotatable bonds is 7. The maximum absolute atomic E-state index is 11.0. The van der Waals surface area contributed by atoms with Gasteiger partial charge in [0.15, 0.2) is 0 Å². The first-order valence-corrected chi connectivity index (χ1v) is 6.12. The molecule has 0 saturated heterocycles. The maximum atomic E-state index is 11.0. The van der Waals surface area contributed by atoms with Crippen LogP contribution in [-0.2, 0) is 11.3 Å². The molecule has 0 radical (unpaired) electrons. The van der Waals surface area contributed by atoms with Gasteiger partial charge in [0.1, 0.15) is 5.75 Å². The van der Waals surface area contributed by atoms with Gasteiger partial charge >= 0.3 is 0 Å². The second-order valence-corrected chi connectivity index (χ2v) is 4.05. The number of amides is 1. The fourth-order valence-corrected chi connectivity index (χ4v) is 1.56. The first-order chi connectivity index (χ1) is 8.67. The molecule has 0 atom stereocenters. The molecule has 0 bridgehead atoms. The van der Waals surface area contributed by atoms with Crippen LogP contribution in [0.3, 0.4) is 0 Å². The minimum Gasteiger partial charge on any atom is -0.492 e. The third kappa shape index (κ3) is 4.71. The zero-order valence-electron chi connectivity index (χ0n) is 11.2. The van der Waals surface area contributed by atoms with Gasteiger partial charge in [-0.05, 0) is 32.5 Å². The molecular formula is C13H21N3O2. The quantitative estimate of drug-likeness (QED) is 0.710. The second-order valence-electron chi connectivity index (χ2n) is 4.05. The average molecular weight is 251 g/mol. The maximum Gasteiger partial charge on any atom is 0.219 e. The molecule has 1 amide bonds. The summed E-state index contributed by atoms with van der Waals surface area (Å²) < 4.78 is 5.66. The molecule has 1 rings (SSSR count). The summed E-state index contributed by atoms with van der Waals surface area (Å²) in [5, 5.41) is 5.65. The molecule has 5 heteroatoms. The molecule has 0 aliphatic carbocycles. The van der Waals surface area contributed by atoms with Crippen LogP contribution in [0.2, 0.25) is 0 Å². The third-order valence-electron chi connectivity index (χ3n) is 2.50. The fourth-order valence-electron chi connectivity index (χ4n) is 1.56. The molecule has 0 fully saturated rings. The molecule has 100 valence electrons. The van der Waals surface area contributed by atoms with Crippen molar-refractivity contribution >= 4 is 5.91 Å². The van der Waals surface area contributed by atoms with Crippen LogP contribution in [0.15, 0.2) is 12.1 Å². The number of hydrogen-bond acceptors (Lipinski definition) is 4. The van der Waals surface area contributed by atoms with Crippen molar-refractivity contribution in [2.24, 2.45) is 0 Å². The van der Waals surface area contributed by atoms with Crippen LogP contribution < -0.4 is 15.4 Å². The largest absolute Gasteiger partial charge is 0.492 e. The molecule has 1 aromatic rings. The van der Waals surface area contributed by atoms with E-state index < -0.39 is 0 Å². The molecule has 0 spiro atoms. The third-order valence-corrected chi connectivity index (χ3v) is 2.50. The molecule has 0 aliphatic heterocycles. The van der Waals surface area contributed by atoms with Gasteiger partial charge in [0.2, 0.25) is 5.91 Å². The first-order valence-electron chi connectivity index (χ1n) is 6.12. The molecule has 18 heavy (non-hydrogen) atoms. The Morgan fingerprint density at radius 1 is 1.39 bits per heavy atom. The summed E-state index contributed by atoms with van der Waals surface area (Å²) in [6, 6.07) is 3.85. The number of aromatic nitrogens is 1. The van der Waals surface area contributed by atoms with Crippen LogP contribution in [0, 0.1) is 6.92 Å².